The molecule has 3 aromatic heterocycles. The first kappa shape index (κ1) is 18.9. The van der Waals surface area contributed by atoms with Gasteiger partial charge >= 0.3 is 6.18 Å². The van der Waals surface area contributed by atoms with Crippen molar-refractivity contribution >= 4 is 38.8 Å². The number of fused-ring (bicyclic) bond motifs is 1. The fourth-order valence-corrected chi connectivity index (χ4v) is 3.77. The lowest BCUT2D eigenvalue weighted by Crippen LogP contribution is -2.12. The molecule has 0 aliphatic rings. The van der Waals surface area contributed by atoms with Crippen LogP contribution in [0.1, 0.15) is 15.2 Å². The van der Waals surface area contributed by atoms with Crippen molar-refractivity contribution in [1.82, 2.24) is 9.97 Å². The smallest absolute Gasteiger partial charge is 0.397 e. The third-order valence-corrected chi connectivity index (χ3v) is 5.36. The number of aromatic nitrogens is 2. The van der Waals surface area contributed by atoms with Crippen LogP contribution in [0.15, 0.2) is 60.9 Å². The van der Waals surface area contributed by atoms with Crippen LogP contribution in [0, 0.1) is 0 Å². The minimum absolute atomic E-state index is 0.241. The van der Waals surface area contributed by atoms with E-state index < -0.39 is 17.6 Å². The number of thiophene rings is 1. The minimum atomic E-state index is -4.43. The van der Waals surface area contributed by atoms with Crippen LogP contribution in [0.2, 0.25) is 0 Å². The van der Waals surface area contributed by atoms with Crippen LogP contribution in [0.5, 0.6) is 0 Å². The maximum Gasteiger partial charge on any atom is 0.416 e. The third kappa shape index (κ3) is 3.77. The van der Waals surface area contributed by atoms with E-state index in [1.807, 2.05) is 12.1 Å². The molecule has 0 fully saturated rings. The molecule has 3 heterocycles. The number of pyridine rings is 2. The summed E-state index contributed by atoms with van der Waals surface area (Å²) < 4.78 is 38.0. The van der Waals surface area contributed by atoms with Gasteiger partial charge in [0, 0.05) is 29.0 Å². The maximum atomic E-state index is 12.7. The minimum Gasteiger partial charge on any atom is -0.397 e. The summed E-state index contributed by atoms with van der Waals surface area (Å²) in [5.74, 6) is -0.504. The fraction of sp³-hybridized carbons (Fsp3) is 0.0500. The fourth-order valence-electron chi connectivity index (χ4n) is 2.78. The number of benzene rings is 1. The lowest BCUT2D eigenvalue weighted by molar-refractivity contribution is -0.137. The van der Waals surface area contributed by atoms with Gasteiger partial charge in [-0.1, -0.05) is 0 Å². The number of nitrogen functional groups attached to an aromatic ring is 1. The number of carbonyl (C=O) groups excluding carboxylic acids is 1. The van der Waals surface area contributed by atoms with Gasteiger partial charge in [-0.15, -0.1) is 11.3 Å². The third-order valence-electron chi connectivity index (χ3n) is 4.25. The Morgan fingerprint density at radius 1 is 1.00 bits per heavy atom. The van der Waals surface area contributed by atoms with E-state index in [-0.39, 0.29) is 16.3 Å². The highest BCUT2D eigenvalue weighted by atomic mass is 32.1. The summed E-state index contributed by atoms with van der Waals surface area (Å²) in [6.45, 7) is 0. The van der Waals surface area contributed by atoms with Gasteiger partial charge in [-0.05, 0) is 48.5 Å². The van der Waals surface area contributed by atoms with Crippen LogP contribution < -0.4 is 11.1 Å². The average Bonchev–Trinajstić information content (AvgIpc) is 3.04. The summed E-state index contributed by atoms with van der Waals surface area (Å²) in [6.07, 6.45) is -1.11. The van der Waals surface area contributed by atoms with Crippen molar-refractivity contribution in [3.05, 3.63) is 71.4 Å². The van der Waals surface area contributed by atoms with Crippen LogP contribution in [0.3, 0.4) is 0 Å². The number of carbonyl (C=O) groups is 1. The Bertz CT molecular complexity index is 1190. The number of halogens is 3. The van der Waals surface area contributed by atoms with Crippen LogP contribution in [0.4, 0.5) is 24.5 Å². The lowest BCUT2D eigenvalue weighted by atomic mass is 10.1. The molecule has 0 saturated carbocycles. The van der Waals surface area contributed by atoms with E-state index in [1.54, 1.807) is 24.5 Å². The Labute approximate surface area is 167 Å². The summed E-state index contributed by atoms with van der Waals surface area (Å²) in [4.78, 5) is 22.0. The number of anilines is 2. The highest BCUT2D eigenvalue weighted by Crippen LogP contribution is 2.35. The molecule has 0 spiro atoms. The number of amides is 1. The summed E-state index contributed by atoms with van der Waals surface area (Å²) in [7, 11) is 0. The first-order valence-corrected chi connectivity index (χ1v) is 9.22. The van der Waals surface area contributed by atoms with Crippen molar-refractivity contribution < 1.29 is 18.0 Å². The molecule has 0 bridgehead atoms. The molecule has 3 N–H and O–H groups in total. The molecular formula is C20H13F3N4OS. The van der Waals surface area contributed by atoms with Crippen molar-refractivity contribution in [1.29, 1.82) is 0 Å². The molecule has 4 aromatic rings. The normalized spacial score (nSPS) is 11.6. The van der Waals surface area contributed by atoms with Gasteiger partial charge in [0.2, 0.25) is 0 Å². The van der Waals surface area contributed by atoms with Crippen LogP contribution in [0.25, 0.3) is 21.5 Å². The maximum absolute atomic E-state index is 12.7. The molecule has 4 rings (SSSR count). The van der Waals surface area contributed by atoms with Gasteiger partial charge < -0.3 is 11.1 Å². The Balaban J connectivity index is 1.61. The monoisotopic (exact) mass is 414 g/mol. The SMILES string of the molecule is Nc1c(C(=O)Nc2ccc(C(F)(F)F)cc2)sc2nc(-c3ccncc3)ccc12. The zero-order valence-electron chi connectivity index (χ0n) is 14.7. The van der Waals surface area contributed by atoms with Gasteiger partial charge in [0.25, 0.3) is 5.91 Å². The van der Waals surface area contributed by atoms with E-state index in [2.05, 4.69) is 15.3 Å². The Morgan fingerprint density at radius 3 is 2.34 bits per heavy atom. The predicted molar refractivity (Wildman–Crippen MR) is 107 cm³/mol. The second-order valence-corrected chi connectivity index (χ2v) is 7.16. The van der Waals surface area contributed by atoms with E-state index in [9.17, 15) is 18.0 Å². The van der Waals surface area contributed by atoms with Crippen LogP contribution in [-0.2, 0) is 6.18 Å². The quantitative estimate of drug-likeness (QED) is 0.482. The summed E-state index contributed by atoms with van der Waals surface area (Å²) >= 11 is 1.12. The first-order chi connectivity index (χ1) is 13.8. The number of nitrogens with zero attached hydrogens (tertiary/aromatic N) is 2. The molecule has 9 heteroatoms. The van der Waals surface area contributed by atoms with E-state index in [0.717, 1.165) is 34.7 Å². The summed E-state index contributed by atoms with van der Waals surface area (Å²) in [5.41, 5.74) is 7.45. The average molecular weight is 414 g/mol. The predicted octanol–water partition coefficient (Wildman–Crippen LogP) is 5.21. The number of nitrogens with one attached hydrogen (secondary N) is 1. The lowest BCUT2D eigenvalue weighted by Gasteiger charge is -2.08. The number of alkyl halides is 3. The summed E-state index contributed by atoms with van der Waals surface area (Å²) in [6, 6.07) is 11.5. The van der Waals surface area contributed by atoms with Crippen molar-refractivity contribution in [2.24, 2.45) is 0 Å². The number of rotatable bonds is 3. The van der Waals surface area contributed by atoms with Crippen molar-refractivity contribution in [3.63, 3.8) is 0 Å². The number of nitrogens with two attached hydrogens (primary N) is 1. The van der Waals surface area contributed by atoms with E-state index >= 15 is 0 Å². The molecule has 0 atom stereocenters. The van der Waals surface area contributed by atoms with Gasteiger partial charge in [0.1, 0.15) is 9.71 Å². The molecule has 0 saturated heterocycles. The largest absolute Gasteiger partial charge is 0.416 e. The molecule has 1 aromatic carbocycles. The molecule has 0 aliphatic carbocycles. The Kier molecular flexibility index (Phi) is 4.67. The molecule has 5 nitrogen and oxygen atoms in total. The standard InChI is InChI=1S/C20H13F3N4OS/c21-20(22,23)12-1-3-13(4-2-12)26-18(28)17-16(24)14-5-6-15(27-19(14)29-17)11-7-9-25-10-8-11/h1-10H,24H2,(H,26,28). The van der Waals surface area contributed by atoms with Gasteiger partial charge in [-0.25, -0.2) is 4.98 Å². The zero-order valence-corrected chi connectivity index (χ0v) is 15.5. The van der Waals surface area contributed by atoms with Gasteiger partial charge in [-0.2, -0.15) is 13.2 Å². The number of hydrogen-bond donors (Lipinski definition) is 2. The Morgan fingerprint density at radius 2 is 1.69 bits per heavy atom. The van der Waals surface area contributed by atoms with Crippen LogP contribution in [-0.4, -0.2) is 15.9 Å². The second-order valence-electron chi connectivity index (χ2n) is 6.16. The van der Waals surface area contributed by atoms with Gasteiger partial charge in [0.15, 0.2) is 0 Å². The van der Waals surface area contributed by atoms with E-state index in [0.29, 0.717) is 10.2 Å². The molecule has 0 unspecified atom stereocenters. The molecule has 0 aliphatic heterocycles. The van der Waals surface area contributed by atoms with Crippen molar-refractivity contribution in [3.8, 4) is 11.3 Å². The highest BCUT2D eigenvalue weighted by Gasteiger charge is 2.30. The zero-order chi connectivity index (χ0) is 20.6. The van der Waals surface area contributed by atoms with E-state index in [1.165, 1.54) is 12.1 Å². The van der Waals surface area contributed by atoms with Crippen molar-refractivity contribution in [2.45, 2.75) is 6.18 Å². The Hall–Kier alpha value is -3.46. The number of hydrogen-bond acceptors (Lipinski definition) is 5. The second kappa shape index (κ2) is 7.17. The van der Waals surface area contributed by atoms with Gasteiger partial charge in [-0.3, -0.25) is 9.78 Å². The van der Waals surface area contributed by atoms with E-state index in [4.69, 9.17) is 5.73 Å². The summed E-state index contributed by atoms with van der Waals surface area (Å²) in [5, 5.41) is 3.22. The molecule has 146 valence electrons. The molecular weight excluding hydrogens is 401 g/mol. The first-order valence-electron chi connectivity index (χ1n) is 8.41. The topological polar surface area (TPSA) is 80.9 Å². The molecule has 1 amide bonds. The molecule has 0 radical (unpaired) electrons. The van der Waals surface area contributed by atoms with Crippen molar-refractivity contribution in [2.75, 3.05) is 11.1 Å². The highest BCUT2D eigenvalue weighted by molar-refractivity contribution is 7.21. The van der Waals surface area contributed by atoms with Gasteiger partial charge in [0.05, 0.1) is 16.9 Å². The molecule has 29 heavy (non-hydrogen) atoms. The van der Waals surface area contributed by atoms with Crippen LogP contribution >= 0.6 is 11.3 Å².